The van der Waals surface area contributed by atoms with Crippen LogP contribution in [0.3, 0.4) is 0 Å². The Morgan fingerprint density at radius 3 is 2.86 bits per heavy atom. The molecule has 0 spiro atoms. The van der Waals surface area contributed by atoms with E-state index < -0.39 is 0 Å². The number of nitrogens with zero attached hydrogens (tertiary/aromatic N) is 5. The first kappa shape index (κ1) is 17.5. The Hall–Kier alpha value is -3.55. The zero-order valence-electron chi connectivity index (χ0n) is 15.5. The van der Waals surface area contributed by atoms with Crippen LogP contribution in [-0.4, -0.2) is 32.3 Å². The molecular weight excluding hydrogens is 373 g/mol. The maximum atomic E-state index is 13.5. The highest BCUT2D eigenvalue weighted by Gasteiger charge is 2.29. The average molecular weight is 391 g/mol. The van der Waals surface area contributed by atoms with Gasteiger partial charge in [0.25, 0.3) is 11.6 Å². The minimum Gasteiger partial charge on any atom is -0.423 e. The monoisotopic (exact) mass is 391 g/mol. The van der Waals surface area contributed by atoms with Gasteiger partial charge in [0.05, 0.1) is 18.3 Å². The minimum absolute atomic E-state index is 0.0193. The van der Waals surface area contributed by atoms with E-state index >= 15 is 0 Å². The van der Waals surface area contributed by atoms with E-state index in [9.17, 15) is 9.18 Å². The summed E-state index contributed by atoms with van der Waals surface area (Å²) in [6.45, 7) is 1.18. The number of fused-ring (bicyclic) bond motifs is 1. The second-order valence-corrected chi connectivity index (χ2v) is 7.07. The summed E-state index contributed by atoms with van der Waals surface area (Å²) in [6.07, 6.45) is 5.24. The van der Waals surface area contributed by atoms with E-state index in [1.807, 2.05) is 17.0 Å². The zero-order valence-corrected chi connectivity index (χ0v) is 15.5. The summed E-state index contributed by atoms with van der Waals surface area (Å²) < 4.78 is 20.8. The molecule has 4 aromatic rings. The van der Waals surface area contributed by atoms with Gasteiger partial charge < -0.3 is 9.32 Å². The standard InChI is InChI=1S/C21H18FN5O2/c22-15-3-5-19-18(12-15)24-21(29-19)26-11-1-2-16(26)13-27-20(28)6-4-17(25-27)14-7-9-23-10-8-14/h3-10,12,16H,1-2,11,13H2. The average Bonchev–Trinajstić information content (AvgIpc) is 3.36. The van der Waals surface area contributed by atoms with Crippen molar-refractivity contribution in [2.45, 2.75) is 25.4 Å². The van der Waals surface area contributed by atoms with E-state index in [1.165, 1.54) is 22.9 Å². The third-order valence-electron chi connectivity index (χ3n) is 5.19. The van der Waals surface area contributed by atoms with Gasteiger partial charge in [0.15, 0.2) is 5.58 Å². The van der Waals surface area contributed by atoms with Crippen molar-refractivity contribution in [2.24, 2.45) is 0 Å². The molecule has 8 heteroatoms. The lowest BCUT2D eigenvalue weighted by molar-refractivity contribution is 0.466. The molecule has 1 unspecified atom stereocenters. The first-order chi connectivity index (χ1) is 14.2. The Morgan fingerprint density at radius 2 is 2.00 bits per heavy atom. The van der Waals surface area contributed by atoms with Crippen molar-refractivity contribution < 1.29 is 8.81 Å². The normalized spacial score (nSPS) is 16.6. The zero-order chi connectivity index (χ0) is 19.8. The van der Waals surface area contributed by atoms with Gasteiger partial charge in [-0.3, -0.25) is 9.78 Å². The first-order valence-electron chi connectivity index (χ1n) is 9.49. The SMILES string of the molecule is O=c1ccc(-c2ccncc2)nn1CC1CCCN1c1nc2cc(F)ccc2o1. The second-order valence-electron chi connectivity index (χ2n) is 7.07. The third-order valence-corrected chi connectivity index (χ3v) is 5.19. The summed E-state index contributed by atoms with van der Waals surface area (Å²) >= 11 is 0. The Morgan fingerprint density at radius 1 is 1.14 bits per heavy atom. The fourth-order valence-corrected chi connectivity index (χ4v) is 3.74. The first-order valence-corrected chi connectivity index (χ1v) is 9.49. The summed E-state index contributed by atoms with van der Waals surface area (Å²) in [5, 5.41) is 4.54. The Balaban J connectivity index is 1.44. The molecule has 1 aliphatic rings. The van der Waals surface area contributed by atoms with E-state index in [1.54, 1.807) is 24.5 Å². The lowest BCUT2D eigenvalue weighted by atomic mass is 10.2. The highest BCUT2D eigenvalue weighted by Crippen LogP contribution is 2.29. The van der Waals surface area contributed by atoms with Gasteiger partial charge in [0.1, 0.15) is 11.3 Å². The highest BCUT2D eigenvalue weighted by atomic mass is 19.1. The molecule has 0 amide bonds. The molecule has 0 N–H and O–H groups in total. The van der Waals surface area contributed by atoms with Gasteiger partial charge in [-0.25, -0.2) is 9.07 Å². The smallest absolute Gasteiger partial charge is 0.298 e. The van der Waals surface area contributed by atoms with Crippen LogP contribution in [0.2, 0.25) is 0 Å². The van der Waals surface area contributed by atoms with Crippen molar-refractivity contribution in [1.82, 2.24) is 19.7 Å². The lowest BCUT2D eigenvalue weighted by Crippen LogP contribution is -2.37. The molecule has 0 aliphatic carbocycles. The molecule has 1 fully saturated rings. The molecule has 146 valence electrons. The molecule has 4 heterocycles. The van der Waals surface area contributed by atoms with Gasteiger partial charge in [-0.1, -0.05) is 0 Å². The molecule has 5 rings (SSSR count). The van der Waals surface area contributed by atoms with Crippen LogP contribution in [0.5, 0.6) is 0 Å². The number of rotatable bonds is 4. The number of benzene rings is 1. The van der Waals surface area contributed by atoms with E-state index in [2.05, 4.69) is 15.1 Å². The number of hydrogen-bond acceptors (Lipinski definition) is 6. The summed E-state index contributed by atoms with van der Waals surface area (Å²) in [5.41, 5.74) is 2.49. The molecule has 0 bridgehead atoms. The van der Waals surface area contributed by atoms with E-state index in [0.717, 1.165) is 24.9 Å². The number of hydrogen-bond donors (Lipinski definition) is 0. The molecule has 1 saturated heterocycles. The molecule has 0 saturated carbocycles. The van der Waals surface area contributed by atoms with Crippen molar-refractivity contribution in [3.63, 3.8) is 0 Å². The highest BCUT2D eigenvalue weighted by molar-refractivity contribution is 5.74. The fourth-order valence-electron chi connectivity index (χ4n) is 3.74. The summed E-state index contributed by atoms with van der Waals surface area (Å²) in [6, 6.07) is 11.7. The second kappa shape index (κ2) is 7.12. The molecule has 29 heavy (non-hydrogen) atoms. The van der Waals surface area contributed by atoms with Gasteiger partial charge >= 0.3 is 0 Å². The van der Waals surface area contributed by atoms with Crippen LogP contribution in [0.25, 0.3) is 22.4 Å². The number of aromatic nitrogens is 4. The van der Waals surface area contributed by atoms with Gasteiger partial charge in [-0.15, -0.1) is 0 Å². The predicted octanol–water partition coefficient (Wildman–Crippen LogP) is 3.25. The van der Waals surface area contributed by atoms with Crippen molar-refractivity contribution in [2.75, 3.05) is 11.4 Å². The van der Waals surface area contributed by atoms with Crippen LogP contribution < -0.4 is 10.5 Å². The third kappa shape index (κ3) is 3.37. The van der Waals surface area contributed by atoms with Crippen LogP contribution in [-0.2, 0) is 6.54 Å². The van der Waals surface area contributed by atoms with E-state index in [0.29, 0.717) is 29.4 Å². The number of anilines is 1. The summed E-state index contributed by atoms with van der Waals surface area (Å²) in [7, 11) is 0. The predicted molar refractivity (Wildman–Crippen MR) is 106 cm³/mol. The van der Waals surface area contributed by atoms with Crippen LogP contribution in [0.15, 0.2) is 64.1 Å². The van der Waals surface area contributed by atoms with Crippen molar-refractivity contribution >= 4 is 17.1 Å². The topological polar surface area (TPSA) is 77.1 Å². The van der Waals surface area contributed by atoms with Gasteiger partial charge in [0, 0.05) is 36.6 Å². The largest absolute Gasteiger partial charge is 0.423 e. The summed E-state index contributed by atoms with van der Waals surface area (Å²) in [4.78, 5) is 22.9. The minimum atomic E-state index is -0.348. The Labute approximate surface area is 165 Å². The van der Waals surface area contributed by atoms with Crippen LogP contribution in [0, 0.1) is 5.82 Å². The molecular formula is C21H18FN5O2. The summed E-state index contributed by atoms with van der Waals surface area (Å²) in [5.74, 6) is -0.348. The van der Waals surface area contributed by atoms with E-state index in [4.69, 9.17) is 4.42 Å². The van der Waals surface area contributed by atoms with Gasteiger partial charge in [-0.05, 0) is 43.2 Å². The quantitative estimate of drug-likeness (QED) is 0.531. The maximum absolute atomic E-state index is 13.5. The van der Waals surface area contributed by atoms with Crippen molar-refractivity contribution in [1.29, 1.82) is 0 Å². The number of pyridine rings is 1. The van der Waals surface area contributed by atoms with Crippen LogP contribution in [0.1, 0.15) is 12.8 Å². The van der Waals surface area contributed by atoms with Gasteiger partial charge in [-0.2, -0.15) is 10.1 Å². The fraction of sp³-hybridized carbons (Fsp3) is 0.238. The maximum Gasteiger partial charge on any atom is 0.298 e. The van der Waals surface area contributed by atoms with Crippen molar-refractivity contribution in [3.8, 4) is 11.3 Å². The Kier molecular flexibility index (Phi) is 4.31. The molecule has 0 radical (unpaired) electrons. The van der Waals surface area contributed by atoms with Crippen LogP contribution >= 0.6 is 0 Å². The van der Waals surface area contributed by atoms with Gasteiger partial charge in [0.2, 0.25) is 0 Å². The lowest BCUT2D eigenvalue weighted by Gasteiger charge is -2.23. The molecule has 7 nitrogen and oxygen atoms in total. The van der Waals surface area contributed by atoms with Crippen molar-refractivity contribution in [3.05, 3.63) is 71.0 Å². The number of halogens is 1. The molecule has 1 aliphatic heterocycles. The molecule has 1 aromatic carbocycles. The van der Waals surface area contributed by atoms with E-state index in [-0.39, 0.29) is 17.4 Å². The molecule has 3 aromatic heterocycles. The number of oxazole rings is 1. The molecule has 1 atom stereocenters. The Bertz CT molecular complexity index is 1220. The van der Waals surface area contributed by atoms with Crippen LogP contribution in [0.4, 0.5) is 10.4 Å².